The van der Waals surface area contributed by atoms with Crippen molar-refractivity contribution in [1.82, 2.24) is 10.6 Å². The number of carbonyl (C=O) groups is 1. The van der Waals surface area contributed by atoms with E-state index in [1.165, 1.54) is 0 Å². The first-order valence-electron chi connectivity index (χ1n) is 6.46. The fourth-order valence-electron chi connectivity index (χ4n) is 1.59. The molecule has 1 amide bonds. The van der Waals surface area contributed by atoms with Crippen LogP contribution in [0.15, 0.2) is 33.6 Å². The second-order valence-corrected chi connectivity index (χ2v) is 6.75. The Morgan fingerprint density at radius 3 is 2.53 bits per heavy atom. The van der Waals surface area contributed by atoms with Gasteiger partial charge in [0.15, 0.2) is 0 Å². The SMILES string of the molecule is CCN[C@H](C)CNC(=O)C(C)Sc1ccc(Br)cc1. The number of halogens is 1. The zero-order valence-corrected chi connectivity index (χ0v) is 14.0. The van der Waals surface area contributed by atoms with E-state index in [4.69, 9.17) is 0 Å². The highest BCUT2D eigenvalue weighted by Crippen LogP contribution is 2.24. The summed E-state index contributed by atoms with van der Waals surface area (Å²) in [6, 6.07) is 8.30. The summed E-state index contributed by atoms with van der Waals surface area (Å²) in [7, 11) is 0. The summed E-state index contributed by atoms with van der Waals surface area (Å²) < 4.78 is 1.05. The van der Waals surface area contributed by atoms with E-state index < -0.39 is 0 Å². The van der Waals surface area contributed by atoms with E-state index in [-0.39, 0.29) is 11.2 Å². The van der Waals surface area contributed by atoms with Crippen molar-refractivity contribution in [2.75, 3.05) is 13.1 Å². The zero-order chi connectivity index (χ0) is 14.3. The van der Waals surface area contributed by atoms with Crippen molar-refractivity contribution >= 4 is 33.6 Å². The van der Waals surface area contributed by atoms with Crippen LogP contribution in [-0.2, 0) is 4.79 Å². The molecule has 3 nitrogen and oxygen atoms in total. The lowest BCUT2D eigenvalue weighted by molar-refractivity contribution is -0.120. The molecule has 0 saturated carbocycles. The second-order valence-electron chi connectivity index (χ2n) is 4.42. The van der Waals surface area contributed by atoms with Crippen LogP contribution in [0.3, 0.4) is 0 Å². The molecule has 0 aromatic heterocycles. The maximum atomic E-state index is 12.0. The molecule has 0 spiro atoms. The molecule has 0 bridgehead atoms. The Balaban J connectivity index is 2.38. The van der Waals surface area contributed by atoms with Crippen LogP contribution in [-0.4, -0.2) is 30.3 Å². The number of carbonyl (C=O) groups excluding carboxylic acids is 1. The summed E-state index contributed by atoms with van der Waals surface area (Å²) in [4.78, 5) is 13.1. The van der Waals surface area contributed by atoms with Crippen LogP contribution < -0.4 is 10.6 Å². The molecule has 106 valence electrons. The molecule has 0 radical (unpaired) electrons. The quantitative estimate of drug-likeness (QED) is 0.747. The molecule has 0 heterocycles. The van der Waals surface area contributed by atoms with Gasteiger partial charge in [-0.05, 0) is 44.7 Å². The van der Waals surface area contributed by atoms with Crippen LogP contribution >= 0.6 is 27.7 Å². The lowest BCUT2D eigenvalue weighted by Gasteiger charge is -2.16. The molecule has 1 unspecified atom stereocenters. The van der Waals surface area contributed by atoms with Gasteiger partial charge in [0.05, 0.1) is 5.25 Å². The lowest BCUT2D eigenvalue weighted by Crippen LogP contribution is -2.41. The van der Waals surface area contributed by atoms with E-state index in [1.807, 2.05) is 31.2 Å². The van der Waals surface area contributed by atoms with E-state index in [0.717, 1.165) is 15.9 Å². The topological polar surface area (TPSA) is 41.1 Å². The van der Waals surface area contributed by atoms with Crippen LogP contribution in [0.4, 0.5) is 0 Å². The summed E-state index contributed by atoms with van der Waals surface area (Å²) in [5.74, 6) is 0.0812. The van der Waals surface area contributed by atoms with Gasteiger partial charge in [-0.2, -0.15) is 0 Å². The molecular weight excluding hydrogens is 324 g/mol. The van der Waals surface area contributed by atoms with Gasteiger partial charge in [-0.3, -0.25) is 4.79 Å². The minimum absolute atomic E-state index is 0.0812. The fraction of sp³-hybridized carbons (Fsp3) is 0.500. The minimum atomic E-state index is -0.0880. The van der Waals surface area contributed by atoms with Crippen molar-refractivity contribution < 1.29 is 4.79 Å². The lowest BCUT2D eigenvalue weighted by atomic mass is 10.3. The van der Waals surface area contributed by atoms with Crippen molar-refractivity contribution in [3.05, 3.63) is 28.7 Å². The Morgan fingerprint density at radius 2 is 1.95 bits per heavy atom. The first kappa shape index (κ1) is 16.5. The Bertz CT molecular complexity index is 397. The van der Waals surface area contributed by atoms with E-state index >= 15 is 0 Å². The van der Waals surface area contributed by atoms with Gasteiger partial charge in [0.1, 0.15) is 0 Å². The number of likely N-dealkylation sites (N-methyl/N-ethyl adjacent to an activating group) is 1. The van der Waals surface area contributed by atoms with Crippen molar-refractivity contribution in [2.45, 2.75) is 37.0 Å². The van der Waals surface area contributed by atoms with Crippen molar-refractivity contribution in [2.24, 2.45) is 0 Å². The molecule has 0 aliphatic rings. The Labute approximate surface area is 128 Å². The third kappa shape index (κ3) is 6.45. The summed E-state index contributed by atoms with van der Waals surface area (Å²) in [6.45, 7) is 7.64. The standard InChI is InChI=1S/C14H21BrN2OS/c1-4-16-10(2)9-17-14(18)11(3)19-13-7-5-12(15)6-8-13/h5-8,10-11,16H,4,9H2,1-3H3,(H,17,18)/t10-,11?/m1/s1. The van der Waals surface area contributed by atoms with Crippen molar-refractivity contribution in [3.63, 3.8) is 0 Å². The van der Waals surface area contributed by atoms with Gasteiger partial charge >= 0.3 is 0 Å². The highest BCUT2D eigenvalue weighted by atomic mass is 79.9. The third-order valence-corrected chi connectivity index (χ3v) is 4.27. The molecule has 1 aromatic rings. The molecule has 5 heteroatoms. The smallest absolute Gasteiger partial charge is 0.233 e. The predicted molar refractivity (Wildman–Crippen MR) is 85.6 cm³/mol. The normalized spacial score (nSPS) is 13.9. The highest BCUT2D eigenvalue weighted by Gasteiger charge is 2.14. The summed E-state index contributed by atoms with van der Waals surface area (Å²) in [5.41, 5.74) is 0. The minimum Gasteiger partial charge on any atom is -0.354 e. The largest absolute Gasteiger partial charge is 0.354 e. The molecule has 0 aliphatic heterocycles. The van der Waals surface area contributed by atoms with Crippen LogP contribution in [0.2, 0.25) is 0 Å². The van der Waals surface area contributed by atoms with Crippen molar-refractivity contribution in [1.29, 1.82) is 0 Å². The highest BCUT2D eigenvalue weighted by molar-refractivity contribution is 9.10. The molecule has 0 fully saturated rings. The van der Waals surface area contributed by atoms with Gasteiger partial charge in [0.25, 0.3) is 0 Å². The van der Waals surface area contributed by atoms with Gasteiger partial charge in [-0.25, -0.2) is 0 Å². The molecule has 2 atom stereocenters. The van der Waals surface area contributed by atoms with Crippen LogP contribution in [0.1, 0.15) is 20.8 Å². The summed E-state index contributed by atoms with van der Waals surface area (Å²) in [5, 5.41) is 6.15. The molecule has 19 heavy (non-hydrogen) atoms. The Kier molecular flexibility index (Phi) is 7.49. The van der Waals surface area contributed by atoms with Crippen LogP contribution in [0, 0.1) is 0 Å². The molecular formula is C14H21BrN2OS. The van der Waals surface area contributed by atoms with Crippen molar-refractivity contribution in [3.8, 4) is 0 Å². The van der Waals surface area contributed by atoms with Crippen LogP contribution in [0.25, 0.3) is 0 Å². The number of hydrogen-bond donors (Lipinski definition) is 2. The average Bonchev–Trinajstić information content (AvgIpc) is 2.39. The number of amides is 1. The molecule has 0 saturated heterocycles. The monoisotopic (exact) mass is 344 g/mol. The predicted octanol–water partition coefficient (Wildman–Crippen LogP) is 3.04. The maximum absolute atomic E-state index is 12.0. The number of nitrogens with one attached hydrogen (secondary N) is 2. The van der Waals surface area contributed by atoms with Gasteiger partial charge in [0.2, 0.25) is 5.91 Å². The van der Waals surface area contributed by atoms with E-state index in [2.05, 4.69) is 40.4 Å². The van der Waals surface area contributed by atoms with E-state index in [0.29, 0.717) is 12.6 Å². The van der Waals surface area contributed by atoms with Crippen LogP contribution in [0.5, 0.6) is 0 Å². The maximum Gasteiger partial charge on any atom is 0.233 e. The van der Waals surface area contributed by atoms with E-state index in [9.17, 15) is 4.79 Å². The Morgan fingerprint density at radius 1 is 1.32 bits per heavy atom. The summed E-state index contributed by atoms with van der Waals surface area (Å²) in [6.07, 6.45) is 0. The molecule has 0 aliphatic carbocycles. The van der Waals surface area contributed by atoms with Gasteiger partial charge in [-0.15, -0.1) is 11.8 Å². The Hall–Kier alpha value is -0.520. The number of hydrogen-bond acceptors (Lipinski definition) is 3. The number of thioether (sulfide) groups is 1. The summed E-state index contributed by atoms with van der Waals surface area (Å²) >= 11 is 4.97. The first-order valence-corrected chi connectivity index (χ1v) is 8.13. The molecule has 1 rings (SSSR count). The zero-order valence-electron chi connectivity index (χ0n) is 11.6. The number of rotatable bonds is 7. The third-order valence-electron chi connectivity index (χ3n) is 2.63. The average molecular weight is 345 g/mol. The first-order chi connectivity index (χ1) is 9.02. The van der Waals surface area contributed by atoms with Gasteiger partial charge < -0.3 is 10.6 Å². The fourth-order valence-corrected chi connectivity index (χ4v) is 2.75. The number of benzene rings is 1. The molecule has 1 aromatic carbocycles. The molecule has 2 N–H and O–H groups in total. The second kappa shape index (κ2) is 8.61. The van der Waals surface area contributed by atoms with Gasteiger partial charge in [0, 0.05) is 22.0 Å². The van der Waals surface area contributed by atoms with Gasteiger partial charge in [-0.1, -0.05) is 22.9 Å². The van der Waals surface area contributed by atoms with E-state index in [1.54, 1.807) is 11.8 Å².